The van der Waals surface area contributed by atoms with E-state index >= 15 is 0 Å². The molecule has 4 unspecified atom stereocenters. The topological polar surface area (TPSA) is 77.7 Å². The Balaban J connectivity index is 2.29. The maximum atomic E-state index is 8.82. The molecule has 2 rings (SSSR count). The lowest BCUT2D eigenvalue weighted by Crippen LogP contribution is -2.55. The monoisotopic (exact) mass is 255 g/mol. The number of nitrogens with zero attached hydrogens (tertiary/aromatic N) is 3. The maximum Gasteiger partial charge on any atom is 0.127 e. The van der Waals surface area contributed by atoms with Crippen LogP contribution in [0.15, 0.2) is 10.3 Å². The number of piperidine rings is 1. The molecule has 0 saturated carbocycles. The van der Waals surface area contributed by atoms with E-state index in [-0.39, 0.29) is 6.04 Å². The Bertz CT molecular complexity index is 374. The Kier molecular flexibility index (Phi) is 3.33. The van der Waals surface area contributed by atoms with E-state index in [1.54, 1.807) is 0 Å². The van der Waals surface area contributed by atoms with E-state index in [1.807, 2.05) is 18.9 Å². The fraction of sp³-hybridized carbons (Fsp3) is 0.833. The van der Waals surface area contributed by atoms with Crippen molar-refractivity contribution in [2.45, 2.75) is 57.2 Å². The summed E-state index contributed by atoms with van der Waals surface area (Å²) in [5, 5.41) is 25.7. The van der Waals surface area contributed by atoms with Crippen molar-refractivity contribution < 1.29 is 15.3 Å². The van der Waals surface area contributed by atoms with Gasteiger partial charge in [0.1, 0.15) is 5.60 Å². The molecule has 2 saturated heterocycles. The third kappa shape index (κ3) is 2.10. The molecule has 18 heavy (non-hydrogen) atoms. The Morgan fingerprint density at radius 2 is 1.94 bits per heavy atom. The highest BCUT2D eigenvalue weighted by molar-refractivity contribution is 5.71. The Morgan fingerprint density at radius 1 is 1.28 bits per heavy atom. The first kappa shape index (κ1) is 13.3. The summed E-state index contributed by atoms with van der Waals surface area (Å²) in [7, 11) is 0. The number of rotatable bonds is 2. The van der Waals surface area contributed by atoms with E-state index in [0.29, 0.717) is 5.92 Å². The third-order valence-corrected chi connectivity index (χ3v) is 4.16. The summed E-state index contributed by atoms with van der Waals surface area (Å²) in [6.45, 7) is 6.08. The molecule has 0 aromatic heterocycles. The maximum absolute atomic E-state index is 8.82. The molecular weight excluding hydrogens is 234 g/mol. The molecule has 0 aromatic carbocycles. The average molecular weight is 255 g/mol. The highest BCUT2D eigenvalue weighted by atomic mass is 16.7. The first-order valence-corrected chi connectivity index (χ1v) is 6.30. The molecule has 0 bridgehead atoms. The Labute approximate surface area is 107 Å². The molecule has 2 heterocycles. The minimum absolute atomic E-state index is 0.241. The molecule has 102 valence electrons. The standard InChI is InChI=1S/C12H21N3O3/c1-9-4-5-11(2,7-13-16)15-10(9)6-12(3,18-15)8-14-17/h7-10,16-17H,4-6H2,1-3H3/b13-7+,14-8+. The van der Waals surface area contributed by atoms with Gasteiger partial charge in [-0.05, 0) is 32.6 Å². The highest BCUT2D eigenvalue weighted by Gasteiger charge is 2.53. The summed E-state index contributed by atoms with van der Waals surface area (Å²) in [5.74, 6) is 0.499. The van der Waals surface area contributed by atoms with Crippen LogP contribution < -0.4 is 0 Å². The second-order valence-electron chi connectivity index (χ2n) is 5.86. The molecule has 0 radical (unpaired) electrons. The van der Waals surface area contributed by atoms with Crippen molar-refractivity contribution in [3.63, 3.8) is 0 Å². The summed E-state index contributed by atoms with van der Waals surface area (Å²) >= 11 is 0. The van der Waals surface area contributed by atoms with Gasteiger partial charge >= 0.3 is 0 Å². The largest absolute Gasteiger partial charge is 0.411 e. The van der Waals surface area contributed by atoms with E-state index in [1.165, 1.54) is 12.4 Å². The normalized spacial score (nSPS) is 45.9. The van der Waals surface area contributed by atoms with Crippen molar-refractivity contribution in [1.29, 1.82) is 0 Å². The molecular formula is C12H21N3O3. The third-order valence-electron chi connectivity index (χ3n) is 4.16. The second-order valence-corrected chi connectivity index (χ2v) is 5.86. The minimum atomic E-state index is -0.595. The Hall–Kier alpha value is -1.14. The minimum Gasteiger partial charge on any atom is -0.411 e. The fourth-order valence-corrected chi connectivity index (χ4v) is 3.01. The van der Waals surface area contributed by atoms with E-state index in [9.17, 15) is 0 Å². The van der Waals surface area contributed by atoms with E-state index < -0.39 is 11.1 Å². The van der Waals surface area contributed by atoms with Crippen LogP contribution in [-0.4, -0.2) is 45.1 Å². The lowest BCUT2D eigenvalue weighted by molar-refractivity contribution is -0.231. The van der Waals surface area contributed by atoms with E-state index in [0.717, 1.165) is 19.3 Å². The summed E-state index contributed by atoms with van der Waals surface area (Å²) < 4.78 is 0. The molecule has 0 aliphatic carbocycles. The second kappa shape index (κ2) is 4.51. The van der Waals surface area contributed by atoms with Crippen molar-refractivity contribution in [3.05, 3.63) is 0 Å². The van der Waals surface area contributed by atoms with Crippen LogP contribution in [0.4, 0.5) is 0 Å². The number of oxime groups is 2. The van der Waals surface area contributed by atoms with E-state index in [2.05, 4.69) is 17.2 Å². The van der Waals surface area contributed by atoms with Crippen molar-refractivity contribution in [3.8, 4) is 0 Å². The lowest BCUT2D eigenvalue weighted by atomic mass is 9.79. The zero-order chi connectivity index (χ0) is 13.4. The van der Waals surface area contributed by atoms with Gasteiger partial charge in [0.2, 0.25) is 0 Å². The van der Waals surface area contributed by atoms with Gasteiger partial charge in [0.15, 0.2) is 0 Å². The van der Waals surface area contributed by atoms with Gasteiger partial charge in [-0.25, -0.2) is 0 Å². The predicted octanol–water partition coefficient (Wildman–Crippen LogP) is 1.86. The molecule has 6 nitrogen and oxygen atoms in total. The van der Waals surface area contributed by atoms with Crippen molar-refractivity contribution in [1.82, 2.24) is 5.06 Å². The smallest absolute Gasteiger partial charge is 0.127 e. The van der Waals surface area contributed by atoms with Crippen LogP contribution in [0.1, 0.15) is 40.0 Å². The Morgan fingerprint density at radius 3 is 2.56 bits per heavy atom. The quantitative estimate of drug-likeness (QED) is 0.448. The van der Waals surface area contributed by atoms with Gasteiger partial charge in [-0.2, -0.15) is 5.06 Å². The molecule has 0 amide bonds. The predicted molar refractivity (Wildman–Crippen MR) is 67.1 cm³/mol. The van der Waals surface area contributed by atoms with Gasteiger partial charge in [0.25, 0.3) is 0 Å². The average Bonchev–Trinajstić information content (AvgIpc) is 2.65. The van der Waals surface area contributed by atoms with Gasteiger partial charge in [0, 0.05) is 12.5 Å². The zero-order valence-electron chi connectivity index (χ0n) is 11.1. The highest BCUT2D eigenvalue weighted by Crippen LogP contribution is 2.44. The van der Waals surface area contributed by atoms with Crippen molar-refractivity contribution in [2.24, 2.45) is 16.2 Å². The number of hydrogen-bond donors (Lipinski definition) is 2. The number of hydroxylamine groups is 2. The van der Waals surface area contributed by atoms with Gasteiger partial charge in [0.05, 0.1) is 18.0 Å². The van der Waals surface area contributed by atoms with Crippen LogP contribution in [0.3, 0.4) is 0 Å². The molecule has 0 aromatic rings. The molecule has 2 fully saturated rings. The summed E-state index contributed by atoms with van der Waals surface area (Å²) in [6, 6.07) is 0.241. The van der Waals surface area contributed by atoms with Crippen molar-refractivity contribution in [2.75, 3.05) is 0 Å². The number of hydrogen-bond acceptors (Lipinski definition) is 6. The number of fused-ring (bicyclic) bond motifs is 1. The van der Waals surface area contributed by atoms with Crippen LogP contribution in [-0.2, 0) is 4.84 Å². The SMILES string of the molecule is CC1CCC(C)(/C=N/O)N2OC(C)(/C=N/O)CC12. The fourth-order valence-electron chi connectivity index (χ4n) is 3.01. The summed E-state index contributed by atoms with van der Waals surface area (Å²) in [6.07, 6.45) is 5.65. The molecule has 4 atom stereocenters. The van der Waals surface area contributed by atoms with Crippen LogP contribution in [0.5, 0.6) is 0 Å². The molecule has 2 N–H and O–H groups in total. The molecule has 6 heteroatoms. The molecule has 2 aliphatic heterocycles. The van der Waals surface area contributed by atoms with Crippen LogP contribution >= 0.6 is 0 Å². The van der Waals surface area contributed by atoms with Crippen molar-refractivity contribution >= 4 is 12.4 Å². The van der Waals surface area contributed by atoms with E-state index in [4.69, 9.17) is 15.3 Å². The molecule has 0 spiro atoms. The first-order valence-electron chi connectivity index (χ1n) is 6.30. The van der Waals surface area contributed by atoms with Crippen LogP contribution in [0.25, 0.3) is 0 Å². The van der Waals surface area contributed by atoms with Gasteiger partial charge in [-0.3, -0.25) is 4.84 Å². The van der Waals surface area contributed by atoms with Gasteiger partial charge in [-0.15, -0.1) is 5.16 Å². The first-order chi connectivity index (χ1) is 8.44. The zero-order valence-corrected chi connectivity index (χ0v) is 11.1. The van der Waals surface area contributed by atoms with Crippen LogP contribution in [0.2, 0.25) is 0 Å². The van der Waals surface area contributed by atoms with Gasteiger partial charge < -0.3 is 10.4 Å². The molecule has 2 aliphatic rings. The van der Waals surface area contributed by atoms with Crippen LogP contribution in [0, 0.1) is 5.92 Å². The summed E-state index contributed by atoms with van der Waals surface area (Å²) in [5.41, 5.74) is -1.00. The van der Waals surface area contributed by atoms with Gasteiger partial charge in [-0.1, -0.05) is 12.1 Å². The lowest BCUT2D eigenvalue weighted by Gasteiger charge is -2.44. The summed E-state index contributed by atoms with van der Waals surface area (Å²) in [4.78, 5) is 5.95.